The summed E-state index contributed by atoms with van der Waals surface area (Å²) in [7, 11) is 0. The summed E-state index contributed by atoms with van der Waals surface area (Å²) in [6.45, 7) is 5.87. The van der Waals surface area contributed by atoms with E-state index < -0.39 is 72.8 Å². The molecule has 0 radical (unpaired) electrons. The van der Waals surface area contributed by atoms with Gasteiger partial charge in [-0.15, -0.1) is 0 Å². The fourth-order valence-corrected chi connectivity index (χ4v) is 2.34. The third-order valence-electron chi connectivity index (χ3n) is 4.34. The van der Waals surface area contributed by atoms with Crippen molar-refractivity contribution in [3.63, 3.8) is 0 Å². The Labute approximate surface area is 174 Å². The van der Waals surface area contributed by atoms with E-state index in [0.29, 0.717) is 0 Å². The molecule has 0 aliphatic heterocycles. The van der Waals surface area contributed by atoms with Crippen molar-refractivity contribution in [3.05, 3.63) is 0 Å². The van der Waals surface area contributed by atoms with Crippen LogP contribution in [0.15, 0.2) is 0 Å². The molecule has 12 heteroatoms. The zero-order valence-corrected chi connectivity index (χ0v) is 17.5. The van der Waals surface area contributed by atoms with Gasteiger partial charge in [0.15, 0.2) is 0 Å². The highest BCUT2D eigenvalue weighted by atomic mass is 16.4. The Hall–Kier alpha value is -2.73. The molecule has 0 aromatic heterocycles. The molecular weight excluding hydrogens is 400 g/mol. The summed E-state index contributed by atoms with van der Waals surface area (Å²) >= 11 is 0. The lowest BCUT2D eigenvalue weighted by molar-refractivity contribution is -0.143. The molecule has 3 amide bonds. The number of rotatable bonds is 13. The fraction of sp³-hybridized carbons (Fsp3) is 0.722. The van der Waals surface area contributed by atoms with Crippen LogP contribution in [-0.4, -0.2) is 75.8 Å². The number of aliphatic hydroxyl groups excluding tert-OH is 1. The standard InChI is InChI=1S/C18H32N4O8/c1-8(2)13(19)16(27)21-11(7-23)15(26)22-14(9(3)4)17(28)20-10(18(29)30)5-6-12(24)25/h8-11,13-14,23H,5-7,19H2,1-4H3,(H,20,28)(H,21,27)(H,22,26)(H,24,25)(H,29,30). The van der Waals surface area contributed by atoms with Crippen LogP contribution in [0.3, 0.4) is 0 Å². The van der Waals surface area contributed by atoms with E-state index in [0.717, 1.165) is 0 Å². The van der Waals surface area contributed by atoms with Gasteiger partial charge >= 0.3 is 11.9 Å². The molecule has 0 aliphatic carbocycles. The van der Waals surface area contributed by atoms with Gasteiger partial charge in [0.05, 0.1) is 12.6 Å². The van der Waals surface area contributed by atoms with E-state index in [1.54, 1.807) is 27.7 Å². The second-order valence-corrected chi connectivity index (χ2v) is 7.58. The minimum absolute atomic E-state index is 0.208. The average Bonchev–Trinajstić information content (AvgIpc) is 2.65. The van der Waals surface area contributed by atoms with E-state index in [9.17, 15) is 34.2 Å². The van der Waals surface area contributed by atoms with Crippen LogP contribution in [0.5, 0.6) is 0 Å². The normalized spacial score (nSPS) is 15.1. The van der Waals surface area contributed by atoms with Crippen molar-refractivity contribution in [2.24, 2.45) is 17.6 Å². The number of hydrogen-bond donors (Lipinski definition) is 7. The minimum Gasteiger partial charge on any atom is -0.481 e. The zero-order chi connectivity index (χ0) is 23.6. The van der Waals surface area contributed by atoms with Gasteiger partial charge in [0, 0.05) is 6.42 Å². The summed E-state index contributed by atoms with van der Waals surface area (Å²) < 4.78 is 0. The Kier molecular flexibility index (Phi) is 11.6. The predicted molar refractivity (Wildman–Crippen MR) is 105 cm³/mol. The van der Waals surface area contributed by atoms with Gasteiger partial charge in [-0.3, -0.25) is 19.2 Å². The predicted octanol–water partition coefficient (Wildman–Crippen LogP) is -1.98. The maximum atomic E-state index is 12.5. The molecule has 4 unspecified atom stereocenters. The molecule has 0 bridgehead atoms. The topological polar surface area (TPSA) is 208 Å². The molecule has 4 atom stereocenters. The van der Waals surface area contributed by atoms with Gasteiger partial charge in [0.25, 0.3) is 0 Å². The maximum absolute atomic E-state index is 12.5. The summed E-state index contributed by atoms with van der Waals surface area (Å²) in [5, 5.41) is 34.2. The molecule has 0 aliphatic rings. The number of amides is 3. The van der Waals surface area contributed by atoms with Gasteiger partial charge in [-0.25, -0.2) is 4.79 Å². The molecule has 30 heavy (non-hydrogen) atoms. The van der Waals surface area contributed by atoms with Crippen LogP contribution in [0.25, 0.3) is 0 Å². The van der Waals surface area contributed by atoms with E-state index in [1.807, 2.05) is 0 Å². The Bertz CT molecular complexity index is 638. The highest BCUT2D eigenvalue weighted by molar-refractivity contribution is 5.94. The molecular formula is C18H32N4O8. The fourth-order valence-electron chi connectivity index (χ4n) is 2.34. The number of nitrogens with two attached hydrogens (primary N) is 1. The first-order valence-electron chi connectivity index (χ1n) is 9.53. The summed E-state index contributed by atoms with van der Waals surface area (Å²) in [6, 6.07) is -4.90. The molecule has 0 heterocycles. The zero-order valence-electron chi connectivity index (χ0n) is 17.5. The number of nitrogens with one attached hydrogen (secondary N) is 3. The molecule has 0 spiro atoms. The molecule has 0 aromatic rings. The molecule has 0 rings (SSSR count). The molecule has 0 aromatic carbocycles. The summed E-state index contributed by atoms with van der Waals surface area (Å²) in [5.74, 6) is -5.65. The molecule has 0 saturated heterocycles. The van der Waals surface area contributed by atoms with Crippen LogP contribution in [0.2, 0.25) is 0 Å². The lowest BCUT2D eigenvalue weighted by Crippen LogP contribution is -2.59. The molecule has 8 N–H and O–H groups in total. The van der Waals surface area contributed by atoms with E-state index >= 15 is 0 Å². The van der Waals surface area contributed by atoms with Crippen molar-refractivity contribution >= 4 is 29.7 Å². The first kappa shape index (κ1) is 27.3. The van der Waals surface area contributed by atoms with Gasteiger partial charge < -0.3 is 37.0 Å². The van der Waals surface area contributed by atoms with Crippen molar-refractivity contribution in [1.29, 1.82) is 0 Å². The van der Waals surface area contributed by atoms with Gasteiger partial charge in [0.1, 0.15) is 18.1 Å². The van der Waals surface area contributed by atoms with Crippen LogP contribution in [0.4, 0.5) is 0 Å². The number of carboxylic acids is 2. The van der Waals surface area contributed by atoms with Gasteiger partial charge in [-0.05, 0) is 18.3 Å². The summed E-state index contributed by atoms with van der Waals surface area (Å²) in [6.07, 6.45) is -0.803. The summed E-state index contributed by atoms with van der Waals surface area (Å²) in [5.41, 5.74) is 5.71. The second-order valence-electron chi connectivity index (χ2n) is 7.58. The molecule has 172 valence electrons. The molecule has 0 fully saturated rings. The van der Waals surface area contributed by atoms with Crippen molar-refractivity contribution in [2.45, 2.75) is 64.7 Å². The molecule has 12 nitrogen and oxygen atoms in total. The number of aliphatic carboxylic acids is 2. The maximum Gasteiger partial charge on any atom is 0.326 e. The van der Waals surface area contributed by atoms with E-state index in [-0.39, 0.29) is 12.3 Å². The number of aliphatic hydroxyl groups is 1. The first-order valence-corrected chi connectivity index (χ1v) is 9.53. The lowest BCUT2D eigenvalue weighted by atomic mass is 10.0. The Morgan fingerprint density at radius 2 is 1.33 bits per heavy atom. The highest BCUT2D eigenvalue weighted by Gasteiger charge is 2.32. The monoisotopic (exact) mass is 432 g/mol. The minimum atomic E-state index is -1.45. The largest absolute Gasteiger partial charge is 0.481 e. The summed E-state index contributed by atoms with van der Waals surface area (Å²) in [4.78, 5) is 58.9. The number of carbonyl (C=O) groups excluding carboxylic acids is 3. The highest BCUT2D eigenvalue weighted by Crippen LogP contribution is 2.06. The van der Waals surface area contributed by atoms with Crippen molar-refractivity contribution < 1.29 is 39.3 Å². The van der Waals surface area contributed by atoms with Crippen LogP contribution in [0.1, 0.15) is 40.5 Å². The van der Waals surface area contributed by atoms with Crippen molar-refractivity contribution in [1.82, 2.24) is 16.0 Å². The molecule has 0 saturated carbocycles. The Morgan fingerprint density at radius 3 is 1.73 bits per heavy atom. The van der Waals surface area contributed by atoms with Gasteiger partial charge in [-0.2, -0.15) is 0 Å². The van der Waals surface area contributed by atoms with Crippen molar-refractivity contribution in [3.8, 4) is 0 Å². The lowest BCUT2D eigenvalue weighted by Gasteiger charge is -2.26. The number of carboxylic acid groups (broad SMARTS) is 2. The van der Waals surface area contributed by atoms with Gasteiger partial charge in [-0.1, -0.05) is 27.7 Å². The van der Waals surface area contributed by atoms with Crippen LogP contribution in [0, 0.1) is 11.8 Å². The smallest absolute Gasteiger partial charge is 0.326 e. The van der Waals surface area contributed by atoms with Gasteiger partial charge in [0.2, 0.25) is 17.7 Å². The SMILES string of the molecule is CC(C)C(N)C(=O)NC(CO)C(=O)NC(C(=O)NC(CCC(=O)O)C(=O)O)C(C)C. The quantitative estimate of drug-likeness (QED) is 0.172. The Morgan fingerprint density at radius 1 is 0.800 bits per heavy atom. The number of hydrogen-bond acceptors (Lipinski definition) is 7. The third kappa shape index (κ3) is 9.18. The van der Waals surface area contributed by atoms with Crippen LogP contribution >= 0.6 is 0 Å². The van der Waals surface area contributed by atoms with E-state index in [1.165, 1.54) is 0 Å². The van der Waals surface area contributed by atoms with Crippen molar-refractivity contribution in [2.75, 3.05) is 6.61 Å². The van der Waals surface area contributed by atoms with Crippen LogP contribution in [-0.2, 0) is 24.0 Å². The Balaban J connectivity index is 5.20. The first-order chi connectivity index (χ1) is 13.8. The second kappa shape index (κ2) is 12.8. The number of carbonyl (C=O) groups is 5. The third-order valence-corrected chi connectivity index (χ3v) is 4.34. The van der Waals surface area contributed by atoms with E-state index in [2.05, 4.69) is 16.0 Å². The van der Waals surface area contributed by atoms with E-state index in [4.69, 9.17) is 10.8 Å². The van der Waals surface area contributed by atoms with Crippen LogP contribution < -0.4 is 21.7 Å². The average molecular weight is 432 g/mol.